The topological polar surface area (TPSA) is 170 Å². The van der Waals surface area contributed by atoms with Gasteiger partial charge in [0.15, 0.2) is 12.2 Å². The maximum absolute atomic E-state index is 7.98. The van der Waals surface area contributed by atoms with Crippen LogP contribution in [0.2, 0.25) is 0 Å². The molecule has 20 unspecified atom stereocenters. The fourth-order valence-corrected chi connectivity index (χ4v) is 20.3. The molecule has 8 N–H and O–H groups in total. The van der Waals surface area contributed by atoms with Gasteiger partial charge < -0.3 is 37.9 Å². The number of nitrogens with one attached hydrogen (secondary N) is 8. The first kappa shape index (κ1) is 72.7. The Morgan fingerprint density at radius 2 is 0.389 bits per heavy atom. The van der Waals surface area contributed by atoms with Gasteiger partial charge in [-0.1, -0.05) is 160 Å². The van der Waals surface area contributed by atoms with Gasteiger partial charge in [0.2, 0.25) is 0 Å². The van der Waals surface area contributed by atoms with Crippen molar-refractivity contribution in [3.05, 3.63) is 241 Å². The van der Waals surface area contributed by atoms with Crippen molar-refractivity contribution in [3.8, 4) is 46.0 Å². The van der Waals surface area contributed by atoms with E-state index in [1.807, 2.05) is 97.1 Å². The highest BCUT2D eigenvalue weighted by Gasteiger charge is 2.65. The van der Waals surface area contributed by atoms with Crippen LogP contribution in [0.3, 0.4) is 0 Å². The molecule has 108 heavy (non-hydrogen) atoms. The minimum atomic E-state index is -0.850. The van der Waals surface area contributed by atoms with E-state index in [-0.39, 0.29) is 61.2 Å². The van der Waals surface area contributed by atoms with Crippen LogP contribution >= 0.6 is 0 Å². The molecule has 20 atom stereocenters. The van der Waals surface area contributed by atoms with Crippen molar-refractivity contribution in [3.63, 3.8) is 0 Å². The summed E-state index contributed by atoms with van der Waals surface area (Å²) in [6.07, 6.45) is 11.1. The lowest BCUT2D eigenvalue weighted by molar-refractivity contribution is -0.150. The molecule has 9 aliphatic rings. The third-order valence-electron chi connectivity index (χ3n) is 25.8. The van der Waals surface area contributed by atoms with Gasteiger partial charge in [0.05, 0.1) is 49.3 Å². The largest absolute Gasteiger partial charge is 0.486 e. The molecule has 8 bridgehead atoms. The van der Waals surface area contributed by atoms with Crippen molar-refractivity contribution in [1.82, 2.24) is 42.5 Å². The van der Waals surface area contributed by atoms with Crippen LogP contribution in [0.25, 0.3) is 0 Å². The minimum Gasteiger partial charge on any atom is -0.486 e. The molecule has 4 aliphatic carbocycles. The zero-order valence-corrected chi connectivity index (χ0v) is 64.1. The molecule has 4 saturated carbocycles. The van der Waals surface area contributed by atoms with Crippen LogP contribution in [-0.4, -0.2) is 73.7 Å². The van der Waals surface area contributed by atoms with Crippen LogP contribution in [0.4, 0.5) is 0 Å². The van der Waals surface area contributed by atoms with Crippen LogP contribution in [0.1, 0.15) is 155 Å². The van der Waals surface area contributed by atoms with Gasteiger partial charge in [0, 0.05) is 11.8 Å². The van der Waals surface area contributed by atoms with Gasteiger partial charge in [-0.05, 0) is 249 Å². The first-order chi connectivity index (χ1) is 52.4. The number of benzene rings is 8. The van der Waals surface area contributed by atoms with Crippen LogP contribution in [0.5, 0.6) is 46.0 Å². The van der Waals surface area contributed by atoms with E-state index in [1.54, 1.807) is 0 Å². The molecule has 9 fully saturated rings. The summed E-state index contributed by atoms with van der Waals surface area (Å²) >= 11 is 0. The van der Waals surface area contributed by atoms with Crippen LogP contribution < -0.4 is 80.4 Å². The Morgan fingerprint density at radius 1 is 0.213 bits per heavy atom. The molecule has 5 aliphatic heterocycles. The first-order valence-corrected chi connectivity index (χ1v) is 40.6. The van der Waals surface area contributed by atoms with E-state index in [0.29, 0.717) is 70.0 Å². The Kier molecular flexibility index (Phi) is 20.6. The van der Waals surface area contributed by atoms with Gasteiger partial charge in [-0.15, -0.1) is 0 Å². The normalized spacial score (nSPS) is 31.7. The highest BCUT2D eigenvalue weighted by Crippen LogP contribution is 2.50. The van der Waals surface area contributed by atoms with E-state index in [2.05, 4.69) is 219 Å². The van der Waals surface area contributed by atoms with Crippen molar-refractivity contribution < 1.29 is 37.9 Å². The lowest BCUT2D eigenvalue weighted by Gasteiger charge is -2.50. The summed E-state index contributed by atoms with van der Waals surface area (Å²) in [5.41, 5.74) is 1.83. The molecular formula is C92H112N8O8. The van der Waals surface area contributed by atoms with Crippen molar-refractivity contribution in [2.45, 2.75) is 229 Å². The summed E-state index contributed by atoms with van der Waals surface area (Å²) in [5, 5.41) is 35.1. The Bertz CT molecular complexity index is 3980. The average molecular weight is 1460 g/mol. The van der Waals surface area contributed by atoms with E-state index in [9.17, 15) is 0 Å². The number of rotatable bonds is 20. The second kappa shape index (κ2) is 30.6. The molecule has 0 spiro atoms. The second-order valence-corrected chi connectivity index (χ2v) is 34.3. The first-order valence-electron chi connectivity index (χ1n) is 40.6. The van der Waals surface area contributed by atoms with Crippen LogP contribution in [0.15, 0.2) is 218 Å². The highest BCUT2D eigenvalue weighted by atomic mass is 16.6. The summed E-state index contributed by atoms with van der Waals surface area (Å²) in [6.45, 7) is 16.9. The smallest absolute Gasteiger partial charge is 0.176 e. The molecule has 0 amide bonds. The van der Waals surface area contributed by atoms with Gasteiger partial charge in [0.1, 0.15) is 80.6 Å². The van der Waals surface area contributed by atoms with Gasteiger partial charge in [-0.25, -0.2) is 0 Å². The Morgan fingerprint density at radius 3 is 0.602 bits per heavy atom. The predicted octanol–water partition coefficient (Wildman–Crippen LogP) is 16.1. The van der Waals surface area contributed by atoms with Gasteiger partial charge >= 0.3 is 0 Å². The molecule has 0 aromatic heterocycles. The minimum absolute atomic E-state index is 0.0440. The molecule has 8 aromatic rings. The molecule has 568 valence electrons. The quantitative estimate of drug-likeness (QED) is 0.0362. The van der Waals surface area contributed by atoms with Gasteiger partial charge in [-0.2, -0.15) is 0 Å². The van der Waals surface area contributed by atoms with Crippen molar-refractivity contribution >= 4 is 0 Å². The van der Waals surface area contributed by atoms with Crippen molar-refractivity contribution in [2.75, 3.05) is 0 Å². The van der Waals surface area contributed by atoms with Gasteiger partial charge in [0.25, 0.3) is 0 Å². The van der Waals surface area contributed by atoms with E-state index < -0.39 is 46.8 Å². The standard InChI is InChI=1S/C92H112N8O8/c1-89(2,57-27-13-9-14-28-57)105-65-49-41-61(42-50-65)101-77-75-76(88-99-86-74-40-26-24-38-72(74)84(97-86)95-82-70-36-22-21-35-69(70)81(93-82)94-83-71-37-23-25-39-73(71)85(96-83)98-87(75)100-88)78(102-62-43-51-66(52-44-62)106-90(3,4)58-29-15-10-16-30-58)80(104-64-47-55-68(56-48-64)108-92(7,8)60-33-19-12-20-34-60)79(77)103-63-45-53-67(54-46-63)107-91(5,6)59-31-17-11-18-32-59/h9-20,27-34,41-56,69-88,93-100H,21-26,35-40H2,1-8H3. The summed E-state index contributed by atoms with van der Waals surface area (Å²) in [6, 6.07) is 74.1. The molecule has 16 nitrogen and oxygen atoms in total. The molecule has 17 rings (SSSR count). The lowest BCUT2D eigenvalue weighted by Crippen LogP contribution is -2.69. The average Bonchev–Trinajstić information content (AvgIpc) is 1.07. The molecule has 5 saturated heterocycles. The second-order valence-electron chi connectivity index (χ2n) is 34.3. The lowest BCUT2D eigenvalue weighted by atomic mass is 9.71. The number of ether oxygens (including phenoxy) is 8. The third kappa shape index (κ3) is 15.3. The number of hydrogen-bond donors (Lipinski definition) is 8. The summed E-state index contributed by atoms with van der Waals surface area (Å²) in [4.78, 5) is 0. The Hall–Kier alpha value is -8.16. The third-order valence-corrected chi connectivity index (χ3v) is 25.8. The maximum Gasteiger partial charge on any atom is 0.176 e. The summed E-state index contributed by atoms with van der Waals surface area (Å²) < 4.78 is 59.2. The van der Waals surface area contributed by atoms with E-state index in [1.165, 1.54) is 64.2 Å². The molecule has 5 heterocycles. The highest BCUT2D eigenvalue weighted by molar-refractivity contribution is 5.40. The maximum atomic E-state index is 7.98. The SMILES string of the molecule is CC(C)(Oc1ccc(OC2C(Oc3ccc(OC(C)(C)c4ccccc4)cc3)C(Oc3ccc(OC(C)(C)c4ccccc4)cc3)C3C4NC5NC(NC6NC(NC7NC(NC(N4)C3C2Oc2ccc(OC(C)(C)c3ccccc3)cc2)C2CCCCC72)C2CCCCC62)C2CCCCC52)cc1)c1ccccc1. The number of fused-ring (bicyclic) bond motifs is 20. The molecule has 8 aromatic carbocycles. The molecule has 0 radical (unpaired) electrons. The summed E-state index contributed by atoms with van der Waals surface area (Å²) in [5.74, 6) is 7.46. The van der Waals surface area contributed by atoms with E-state index >= 15 is 0 Å². The number of hydrogen-bond acceptors (Lipinski definition) is 16. The zero-order chi connectivity index (χ0) is 73.7. The van der Waals surface area contributed by atoms with Crippen LogP contribution in [-0.2, 0) is 22.4 Å². The Labute approximate surface area is 639 Å². The predicted molar refractivity (Wildman–Crippen MR) is 423 cm³/mol. The fourth-order valence-electron chi connectivity index (χ4n) is 20.3. The van der Waals surface area contributed by atoms with Crippen LogP contribution in [0, 0.1) is 47.3 Å². The van der Waals surface area contributed by atoms with Crippen molar-refractivity contribution in [1.29, 1.82) is 0 Å². The zero-order valence-electron chi connectivity index (χ0n) is 64.1. The van der Waals surface area contributed by atoms with Gasteiger partial charge in [-0.3, -0.25) is 42.5 Å². The van der Waals surface area contributed by atoms with Crippen molar-refractivity contribution in [2.24, 2.45) is 47.3 Å². The monoisotopic (exact) mass is 1460 g/mol. The Balaban J connectivity index is 0.813. The van der Waals surface area contributed by atoms with E-state index in [0.717, 1.165) is 46.6 Å². The summed E-state index contributed by atoms with van der Waals surface area (Å²) in [7, 11) is 0. The van der Waals surface area contributed by atoms with E-state index in [4.69, 9.17) is 37.9 Å². The molecular weight excluding hydrogens is 1350 g/mol. The fraction of sp³-hybridized carbons (Fsp3) is 0.478. The molecule has 16 heteroatoms.